The lowest BCUT2D eigenvalue weighted by Gasteiger charge is -2.39. The molecule has 0 unspecified atom stereocenters. The maximum atomic E-state index is 12.3. The van der Waals surface area contributed by atoms with Crippen molar-refractivity contribution in [2.24, 2.45) is 5.92 Å². The van der Waals surface area contributed by atoms with Crippen molar-refractivity contribution in [1.29, 1.82) is 0 Å². The van der Waals surface area contributed by atoms with Gasteiger partial charge in [0.1, 0.15) is 12.1 Å². The van der Waals surface area contributed by atoms with Gasteiger partial charge >= 0.3 is 0 Å². The van der Waals surface area contributed by atoms with E-state index in [1.807, 2.05) is 54.6 Å². The van der Waals surface area contributed by atoms with Crippen LogP contribution in [-0.4, -0.2) is 33.9 Å². The van der Waals surface area contributed by atoms with Gasteiger partial charge in [-0.05, 0) is 12.1 Å². The number of carbonyl (C=O) groups excluding carboxylic acids is 1. The van der Waals surface area contributed by atoms with E-state index in [-0.39, 0.29) is 11.8 Å². The molecule has 6 nitrogen and oxygen atoms in total. The lowest BCUT2D eigenvalue weighted by molar-refractivity contribution is -0.125. The first-order valence-electron chi connectivity index (χ1n) is 8.59. The van der Waals surface area contributed by atoms with Crippen LogP contribution in [0.5, 0.6) is 0 Å². The summed E-state index contributed by atoms with van der Waals surface area (Å²) in [5.41, 5.74) is 2.81. The zero-order chi connectivity index (χ0) is 17.8. The van der Waals surface area contributed by atoms with Gasteiger partial charge in [-0.25, -0.2) is 9.97 Å². The van der Waals surface area contributed by atoms with E-state index in [0.717, 1.165) is 22.8 Å². The molecule has 3 aromatic rings. The van der Waals surface area contributed by atoms with Crippen LogP contribution in [0.2, 0.25) is 0 Å². The molecule has 130 valence electrons. The van der Waals surface area contributed by atoms with Crippen LogP contribution in [0.1, 0.15) is 5.69 Å². The van der Waals surface area contributed by atoms with Crippen LogP contribution < -0.4 is 10.2 Å². The Labute approximate surface area is 151 Å². The van der Waals surface area contributed by atoms with Crippen LogP contribution in [0.4, 0.5) is 5.82 Å². The number of hydrogen-bond acceptors (Lipinski definition) is 5. The van der Waals surface area contributed by atoms with Crippen LogP contribution in [-0.2, 0) is 11.3 Å². The van der Waals surface area contributed by atoms with Crippen molar-refractivity contribution in [2.75, 3.05) is 18.0 Å². The van der Waals surface area contributed by atoms with Gasteiger partial charge in [0.2, 0.25) is 5.91 Å². The molecule has 1 fully saturated rings. The highest BCUT2D eigenvalue weighted by Gasteiger charge is 2.33. The largest absolute Gasteiger partial charge is 0.355 e. The minimum absolute atomic E-state index is 0.0196. The zero-order valence-corrected chi connectivity index (χ0v) is 14.2. The molecular formula is C20H19N5O. The molecule has 0 bridgehead atoms. The van der Waals surface area contributed by atoms with Crippen LogP contribution in [0.3, 0.4) is 0 Å². The molecule has 1 aliphatic heterocycles. The zero-order valence-electron chi connectivity index (χ0n) is 14.2. The number of hydrogen-bond donors (Lipinski definition) is 1. The van der Waals surface area contributed by atoms with E-state index in [2.05, 4.69) is 25.2 Å². The standard InChI is InChI=1S/C20H19N5O/c26-20(22-11-17-8-4-5-9-21-17)16-12-25(13-16)19-10-18(23-14-24-19)15-6-2-1-3-7-15/h1-10,14,16H,11-13H2,(H,22,26). The van der Waals surface area contributed by atoms with E-state index < -0.39 is 0 Å². The Morgan fingerprint density at radius 1 is 1.04 bits per heavy atom. The normalized spacial score (nSPS) is 13.9. The van der Waals surface area contributed by atoms with Crippen molar-refractivity contribution >= 4 is 11.7 Å². The number of aromatic nitrogens is 3. The summed E-state index contributed by atoms with van der Waals surface area (Å²) in [5.74, 6) is 0.894. The predicted molar refractivity (Wildman–Crippen MR) is 99.3 cm³/mol. The first-order valence-corrected chi connectivity index (χ1v) is 8.59. The lowest BCUT2D eigenvalue weighted by Crippen LogP contribution is -2.54. The van der Waals surface area contributed by atoms with Gasteiger partial charge in [0.05, 0.1) is 23.9 Å². The minimum atomic E-state index is -0.0196. The molecule has 1 N–H and O–H groups in total. The Morgan fingerprint density at radius 3 is 2.62 bits per heavy atom. The highest BCUT2D eigenvalue weighted by molar-refractivity contribution is 5.81. The van der Waals surface area contributed by atoms with Crippen LogP contribution >= 0.6 is 0 Å². The van der Waals surface area contributed by atoms with Gasteiger partial charge in [-0.1, -0.05) is 36.4 Å². The number of anilines is 1. The molecule has 2 aromatic heterocycles. The summed E-state index contributed by atoms with van der Waals surface area (Å²) in [7, 11) is 0. The van der Waals surface area contributed by atoms with Crippen molar-refractivity contribution in [3.8, 4) is 11.3 Å². The quantitative estimate of drug-likeness (QED) is 0.768. The molecule has 0 atom stereocenters. The van der Waals surface area contributed by atoms with Crippen molar-refractivity contribution in [3.63, 3.8) is 0 Å². The van der Waals surface area contributed by atoms with Gasteiger partial charge in [-0.3, -0.25) is 9.78 Å². The third-order valence-electron chi connectivity index (χ3n) is 4.47. The van der Waals surface area contributed by atoms with E-state index in [1.54, 1.807) is 12.5 Å². The fraction of sp³-hybridized carbons (Fsp3) is 0.200. The van der Waals surface area contributed by atoms with E-state index in [4.69, 9.17) is 0 Å². The molecule has 0 aliphatic carbocycles. The molecule has 3 heterocycles. The summed E-state index contributed by atoms with van der Waals surface area (Å²) < 4.78 is 0. The fourth-order valence-corrected chi connectivity index (χ4v) is 2.94. The molecule has 1 aliphatic rings. The van der Waals surface area contributed by atoms with E-state index >= 15 is 0 Å². The van der Waals surface area contributed by atoms with Gasteiger partial charge < -0.3 is 10.2 Å². The average molecular weight is 345 g/mol. The second-order valence-corrected chi connectivity index (χ2v) is 6.27. The summed E-state index contributed by atoms with van der Waals surface area (Å²) in [6.07, 6.45) is 3.30. The van der Waals surface area contributed by atoms with Crippen molar-refractivity contribution < 1.29 is 4.79 Å². The highest BCUT2D eigenvalue weighted by Crippen LogP contribution is 2.26. The third-order valence-corrected chi connectivity index (χ3v) is 4.47. The summed E-state index contributed by atoms with van der Waals surface area (Å²) in [6.45, 7) is 1.79. The van der Waals surface area contributed by atoms with E-state index in [9.17, 15) is 4.79 Å². The first kappa shape index (κ1) is 16.2. The SMILES string of the molecule is O=C(NCc1ccccn1)C1CN(c2cc(-c3ccccc3)ncn2)C1. The van der Waals surface area contributed by atoms with Crippen LogP contribution in [0.15, 0.2) is 67.1 Å². The highest BCUT2D eigenvalue weighted by atomic mass is 16.2. The lowest BCUT2D eigenvalue weighted by atomic mass is 9.99. The average Bonchev–Trinajstić information content (AvgIpc) is 2.67. The van der Waals surface area contributed by atoms with Gasteiger partial charge in [0, 0.05) is 30.9 Å². The monoisotopic (exact) mass is 345 g/mol. The smallest absolute Gasteiger partial charge is 0.227 e. The predicted octanol–water partition coefficient (Wildman–Crippen LogP) is 2.29. The number of nitrogens with one attached hydrogen (secondary N) is 1. The number of carbonyl (C=O) groups is 1. The van der Waals surface area contributed by atoms with Gasteiger partial charge in [0.25, 0.3) is 0 Å². The van der Waals surface area contributed by atoms with Crippen molar-refractivity contribution in [3.05, 3.63) is 72.8 Å². The number of pyridine rings is 1. The van der Waals surface area contributed by atoms with Crippen LogP contribution in [0.25, 0.3) is 11.3 Å². The number of benzene rings is 1. The Kier molecular flexibility index (Phi) is 4.55. The summed E-state index contributed by atoms with van der Waals surface area (Å²) >= 11 is 0. The molecule has 0 saturated carbocycles. The maximum absolute atomic E-state index is 12.3. The minimum Gasteiger partial charge on any atom is -0.355 e. The molecule has 1 aromatic carbocycles. The molecule has 6 heteroatoms. The third kappa shape index (κ3) is 3.54. The number of amides is 1. The van der Waals surface area contributed by atoms with Crippen molar-refractivity contribution in [1.82, 2.24) is 20.3 Å². The number of nitrogens with zero attached hydrogens (tertiary/aromatic N) is 4. The Balaban J connectivity index is 1.34. The molecule has 0 spiro atoms. The summed E-state index contributed by atoms with van der Waals surface area (Å²) in [5, 5.41) is 2.95. The van der Waals surface area contributed by atoms with E-state index in [1.165, 1.54) is 0 Å². The molecule has 4 rings (SSSR count). The molecule has 1 amide bonds. The summed E-state index contributed by atoms with van der Waals surface area (Å²) in [4.78, 5) is 27.3. The Bertz CT molecular complexity index is 879. The fourth-order valence-electron chi connectivity index (χ4n) is 2.94. The van der Waals surface area contributed by atoms with Gasteiger partial charge in [-0.2, -0.15) is 0 Å². The Hall–Kier alpha value is -3.28. The summed E-state index contributed by atoms with van der Waals surface area (Å²) in [6, 6.07) is 17.7. The molecule has 1 saturated heterocycles. The molecular weight excluding hydrogens is 326 g/mol. The molecule has 26 heavy (non-hydrogen) atoms. The maximum Gasteiger partial charge on any atom is 0.227 e. The Morgan fingerprint density at radius 2 is 1.85 bits per heavy atom. The van der Waals surface area contributed by atoms with Crippen molar-refractivity contribution in [2.45, 2.75) is 6.54 Å². The van der Waals surface area contributed by atoms with Gasteiger partial charge in [-0.15, -0.1) is 0 Å². The molecule has 0 radical (unpaired) electrons. The topological polar surface area (TPSA) is 71.0 Å². The second-order valence-electron chi connectivity index (χ2n) is 6.27. The van der Waals surface area contributed by atoms with Crippen LogP contribution in [0, 0.1) is 5.92 Å². The van der Waals surface area contributed by atoms with Gasteiger partial charge in [0.15, 0.2) is 0 Å². The number of rotatable bonds is 5. The van der Waals surface area contributed by atoms with E-state index in [0.29, 0.717) is 19.6 Å². The first-order chi connectivity index (χ1) is 12.8. The second kappa shape index (κ2) is 7.31.